The topological polar surface area (TPSA) is 35.5 Å². The fraction of sp³-hybridized carbons (Fsp3) is 0.250. The maximum Gasteiger partial charge on any atom is 0.333 e. The summed E-state index contributed by atoms with van der Waals surface area (Å²) in [5.41, 5.74) is 0.447. The van der Waals surface area contributed by atoms with Gasteiger partial charge < -0.3 is 9.47 Å². The first-order chi connectivity index (χ1) is 8.02. The Kier molecular flexibility index (Phi) is 5.15. The Morgan fingerprint density at radius 1 is 1.47 bits per heavy atom. The van der Waals surface area contributed by atoms with Crippen LogP contribution in [0.15, 0.2) is 34.3 Å². The molecule has 0 fully saturated rings. The predicted octanol–water partition coefficient (Wildman–Crippen LogP) is 3.09. The molecule has 17 heavy (non-hydrogen) atoms. The Labute approximate surface area is 107 Å². The van der Waals surface area contributed by atoms with Crippen LogP contribution in [0.2, 0.25) is 0 Å². The molecular formula is C12H12BrFO3. The first kappa shape index (κ1) is 13.7. The Balaban J connectivity index is 2.59. The summed E-state index contributed by atoms with van der Waals surface area (Å²) in [6.07, 6.45) is 1.57. The van der Waals surface area contributed by atoms with E-state index in [9.17, 15) is 9.18 Å². The fourth-order valence-electron chi connectivity index (χ4n) is 1.12. The van der Waals surface area contributed by atoms with Crippen molar-refractivity contribution in [3.63, 3.8) is 0 Å². The molecule has 0 saturated carbocycles. The molecule has 1 rings (SSSR count). The second-order valence-electron chi connectivity index (χ2n) is 3.29. The third kappa shape index (κ3) is 4.56. The van der Waals surface area contributed by atoms with E-state index in [0.29, 0.717) is 15.8 Å². The molecule has 0 aliphatic carbocycles. The van der Waals surface area contributed by atoms with E-state index in [2.05, 4.69) is 20.7 Å². The summed E-state index contributed by atoms with van der Waals surface area (Å²) in [6.45, 7) is 1.80. The maximum atomic E-state index is 13.0. The average molecular weight is 303 g/mol. The van der Waals surface area contributed by atoms with Crippen molar-refractivity contribution in [2.24, 2.45) is 0 Å². The van der Waals surface area contributed by atoms with E-state index < -0.39 is 5.97 Å². The van der Waals surface area contributed by atoms with Gasteiger partial charge in [-0.15, -0.1) is 0 Å². The maximum absolute atomic E-state index is 13.0. The summed E-state index contributed by atoms with van der Waals surface area (Å²) >= 11 is 3.16. The first-order valence-corrected chi connectivity index (χ1v) is 5.66. The van der Waals surface area contributed by atoms with Crippen molar-refractivity contribution in [2.75, 3.05) is 13.7 Å². The van der Waals surface area contributed by atoms with Crippen LogP contribution in [0, 0.1) is 5.82 Å². The van der Waals surface area contributed by atoms with E-state index in [0.717, 1.165) is 0 Å². The molecule has 0 aliphatic rings. The van der Waals surface area contributed by atoms with Crippen LogP contribution in [0.3, 0.4) is 0 Å². The molecule has 0 N–H and O–H groups in total. The van der Waals surface area contributed by atoms with Gasteiger partial charge in [-0.3, -0.25) is 0 Å². The normalized spacial score (nSPS) is 11.2. The molecule has 0 aromatic heterocycles. The van der Waals surface area contributed by atoms with Crippen molar-refractivity contribution in [1.82, 2.24) is 0 Å². The van der Waals surface area contributed by atoms with Crippen LogP contribution in [0.1, 0.15) is 6.92 Å². The zero-order chi connectivity index (χ0) is 12.8. The van der Waals surface area contributed by atoms with E-state index in [1.807, 2.05) is 0 Å². The predicted molar refractivity (Wildman–Crippen MR) is 65.4 cm³/mol. The molecule has 1 aromatic rings. The lowest BCUT2D eigenvalue weighted by atomic mass is 10.3. The summed E-state index contributed by atoms with van der Waals surface area (Å²) in [7, 11) is 1.31. The quantitative estimate of drug-likeness (QED) is 0.633. The minimum Gasteiger partial charge on any atom is -0.489 e. The van der Waals surface area contributed by atoms with Gasteiger partial charge in [0, 0.05) is 16.1 Å². The van der Waals surface area contributed by atoms with Crippen molar-refractivity contribution < 1.29 is 18.7 Å². The molecule has 0 unspecified atom stereocenters. The Morgan fingerprint density at radius 2 is 2.18 bits per heavy atom. The van der Waals surface area contributed by atoms with Gasteiger partial charge >= 0.3 is 5.97 Å². The number of ether oxygens (including phenoxy) is 2. The van der Waals surface area contributed by atoms with Crippen molar-refractivity contribution in [1.29, 1.82) is 0 Å². The summed E-state index contributed by atoms with van der Waals surface area (Å²) in [5.74, 6) is -0.400. The molecule has 0 spiro atoms. The Bertz CT molecular complexity index is 423. The van der Waals surface area contributed by atoms with Crippen molar-refractivity contribution in [2.45, 2.75) is 6.92 Å². The number of hydrogen-bond donors (Lipinski definition) is 0. The van der Waals surface area contributed by atoms with E-state index in [4.69, 9.17) is 4.74 Å². The van der Waals surface area contributed by atoms with Crippen LogP contribution < -0.4 is 4.74 Å². The molecule has 0 heterocycles. The third-order valence-corrected chi connectivity index (χ3v) is 2.44. The largest absolute Gasteiger partial charge is 0.489 e. The van der Waals surface area contributed by atoms with Crippen LogP contribution in [-0.2, 0) is 9.53 Å². The van der Waals surface area contributed by atoms with Crippen LogP contribution in [0.4, 0.5) is 4.39 Å². The van der Waals surface area contributed by atoms with Crippen molar-refractivity contribution >= 4 is 21.9 Å². The van der Waals surface area contributed by atoms with Crippen LogP contribution in [-0.4, -0.2) is 19.7 Å². The van der Waals surface area contributed by atoms with E-state index in [1.54, 1.807) is 19.1 Å². The van der Waals surface area contributed by atoms with Crippen molar-refractivity contribution in [3.05, 3.63) is 40.1 Å². The molecule has 0 bridgehead atoms. The van der Waals surface area contributed by atoms with Crippen LogP contribution >= 0.6 is 15.9 Å². The van der Waals surface area contributed by atoms with Gasteiger partial charge in [-0.05, 0) is 25.1 Å². The van der Waals surface area contributed by atoms with Gasteiger partial charge in [0.25, 0.3) is 0 Å². The zero-order valence-corrected chi connectivity index (χ0v) is 11.1. The second kappa shape index (κ2) is 6.39. The Hall–Kier alpha value is -1.36. The molecule has 0 aliphatic heterocycles. The molecule has 0 atom stereocenters. The molecule has 3 nitrogen and oxygen atoms in total. The number of carbonyl (C=O) groups is 1. The van der Waals surface area contributed by atoms with E-state index >= 15 is 0 Å². The Morgan fingerprint density at radius 3 is 2.76 bits per heavy atom. The fourth-order valence-corrected chi connectivity index (χ4v) is 1.56. The standard InChI is InChI=1S/C12H12BrFO3/c1-8(12(15)16-2)3-4-17-11-6-9(13)5-10(14)7-11/h3,5-7H,4H2,1-2H3/b8-3+. The third-order valence-electron chi connectivity index (χ3n) is 1.98. The molecule has 5 heteroatoms. The molecule has 0 saturated heterocycles. The zero-order valence-electron chi connectivity index (χ0n) is 9.50. The van der Waals surface area contributed by atoms with Crippen LogP contribution in [0.25, 0.3) is 0 Å². The summed E-state index contributed by atoms with van der Waals surface area (Å²) in [6, 6.07) is 4.25. The van der Waals surface area contributed by atoms with Gasteiger partial charge in [0.2, 0.25) is 0 Å². The summed E-state index contributed by atoms with van der Waals surface area (Å²) < 4.78 is 23.4. The van der Waals surface area contributed by atoms with Gasteiger partial charge in [0.15, 0.2) is 0 Å². The molecule has 0 radical (unpaired) electrons. The molecule has 92 valence electrons. The minimum absolute atomic E-state index is 0.177. The number of methoxy groups -OCH3 is 1. The number of halogens is 2. The highest BCUT2D eigenvalue weighted by Crippen LogP contribution is 2.20. The second-order valence-corrected chi connectivity index (χ2v) is 4.21. The van der Waals surface area contributed by atoms with Gasteiger partial charge in [-0.2, -0.15) is 0 Å². The number of hydrogen-bond acceptors (Lipinski definition) is 3. The van der Waals surface area contributed by atoms with Gasteiger partial charge in [0.05, 0.1) is 7.11 Å². The van der Waals surface area contributed by atoms with E-state index in [-0.39, 0.29) is 12.4 Å². The molecule has 0 amide bonds. The number of benzene rings is 1. The SMILES string of the molecule is COC(=O)/C(C)=C/COc1cc(F)cc(Br)c1. The van der Waals surface area contributed by atoms with Crippen molar-refractivity contribution in [3.8, 4) is 5.75 Å². The highest BCUT2D eigenvalue weighted by Gasteiger charge is 2.03. The molecular weight excluding hydrogens is 291 g/mol. The lowest BCUT2D eigenvalue weighted by molar-refractivity contribution is -0.136. The number of carbonyl (C=O) groups excluding carboxylic acids is 1. The van der Waals surface area contributed by atoms with E-state index in [1.165, 1.54) is 19.2 Å². The highest BCUT2D eigenvalue weighted by atomic mass is 79.9. The number of esters is 1. The lowest BCUT2D eigenvalue weighted by Crippen LogP contribution is -2.04. The monoisotopic (exact) mass is 302 g/mol. The minimum atomic E-state index is -0.408. The summed E-state index contributed by atoms with van der Waals surface area (Å²) in [4.78, 5) is 11.0. The van der Waals surface area contributed by atoms with Gasteiger partial charge in [-0.25, -0.2) is 9.18 Å². The lowest BCUT2D eigenvalue weighted by Gasteiger charge is -2.05. The first-order valence-electron chi connectivity index (χ1n) is 4.87. The average Bonchev–Trinajstić information content (AvgIpc) is 2.26. The molecule has 1 aromatic carbocycles. The number of rotatable bonds is 4. The highest BCUT2D eigenvalue weighted by molar-refractivity contribution is 9.10. The van der Waals surface area contributed by atoms with Gasteiger partial charge in [-0.1, -0.05) is 15.9 Å². The van der Waals surface area contributed by atoms with Crippen LogP contribution in [0.5, 0.6) is 5.75 Å². The smallest absolute Gasteiger partial charge is 0.333 e. The van der Waals surface area contributed by atoms with Gasteiger partial charge in [0.1, 0.15) is 18.2 Å². The summed E-state index contributed by atoms with van der Waals surface area (Å²) in [5, 5.41) is 0.